The van der Waals surface area contributed by atoms with Crippen LogP contribution < -0.4 is 5.32 Å². The molecule has 0 bridgehead atoms. The molecule has 0 unspecified atom stereocenters. The molecule has 47 heavy (non-hydrogen) atoms. The second-order valence-electron chi connectivity index (χ2n) is 13.8. The molecule has 1 atom stereocenters. The van der Waals surface area contributed by atoms with Gasteiger partial charge in [-0.05, 0) is 101 Å². The molecule has 1 N–H and O–H groups in total. The van der Waals surface area contributed by atoms with Crippen LogP contribution in [0.1, 0.15) is 54.5 Å². The smallest absolute Gasteiger partial charge is 0.410 e. The average molecular weight is 646 g/mol. The monoisotopic (exact) mass is 645 g/mol. The zero-order chi connectivity index (χ0) is 32.9. The molecule has 1 aromatic carbocycles. The lowest BCUT2D eigenvalue weighted by molar-refractivity contribution is -0.142. The number of piperidine rings is 2. The number of nitrogens with one attached hydrogen (secondary N) is 1. The molecule has 4 aliphatic rings. The maximum absolute atomic E-state index is 14.0. The zero-order valence-electron chi connectivity index (χ0n) is 28.3. The number of hydrogen-bond acceptors (Lipinski definition) is 7. The van der Waals surface area contributed by atoms with E-state index in [1.807, 2.05) is 54.1 Å². The second kappa shape index (κ2) is 15.0. The van der Waals surface area contributed by atoms with Gasteiger partial charge in [0.05, 0.1) is 0 Å². The predicted molar refractivity (Wildman–Crippen MR) is 181 cm³/mol. The van der Waals surface area contributed by atoms with E-state index in [9.17, 15) is 14.4 Å². The van der Waals surface area contributed by atoms with Gasteiger partial charge < -0.3 is 29.7 Å². The normalized spacial score (nSPS) is 21.4. The summed E-state index contributed by atoms with van der Waals surface area (Å²) in [6, 6.07) is 10.3. The van der Waals surface area contributed by atoms with Crippen molar-refractivity contribution in [2.24, 2.45) is 0 Å². The molecule has 11 nitrogen and oxygen atoms in total. The number of aromatic nitrogens is 1. The first-order valence-corrected chi connectivity index (χ1v) is 17.5. The number of fused-ring (bicyclic) bond motifs is 1. The third-order valence-corrected chi connectivity index (χ3v) is 10.7. The van der Waals surface area contributed by atoms with Crippen molar-refractivity contribution < 1.29 is 19.1 Å². The van der Waals surface area contributed by atoms with Crippen LogP contribution in [-0.4, -0.2) is 132 Å². The van der Waals surface area contributed by atoms with E-state index in [0.29, 0.717) is 51.6 Å². The summed E-state index contributed by atoms with van der Waals surface area (Å²) >= 11 is 0. The van der Waals surface area contributed by atoms with Crippen molar-refractivity contribution in [2.75, 3.05) is 71.3 Å². The summed E-state index contributed by atoms with van der Waals surface area (Å²) in [5.74, 6) is -0.136. The van der Waals surface area contributed by atoms with Crippen LogP contribution in [0.15, 0.2) is 36.5 Å². The van der Waals surface area contributed by atoms with Crippen molar-refractivity contribution in [3.05, 3.63) is 58.9 Å². The number of likely N-dealkylation sites (tertiary alicyclic amines) is 2. The summed E-state index contributed by atoms with van der Waals surface area (Å²) in [7, 11) is 2.19. The second-order valence-corrected chi connectivity index (χ2v) is 13.8. The molecule has 0 spiro atoms. The van der Waals surface area contributed by atoms with Gasteiger partial charge in [-0.3, -0.25) is 14.7 Å². The number of rotatable bonds is 6. The van der Waals surface area contributed by atoms with Gasteiger partial charge in [-0.1, -0.05) is 18.2 Å². The number of urea groups is 1. The van der Waals surface area contributed by atoms with Crippen LogP contribution in [0.2, 0.25) is 0 Å². The summed E-state index contributed by atoms with van der Waals surface area (Å²) in [5.41, 5.74) is 4.93. The first-order valence-electron chi connectivity index (χ1n) is 17.5. The molecule has 1 aromatic heterocycles. The average Bonchev–Trinajstić information content (AvgIpc) is 3.40. The maximum atomic E-state index is 14.0. The third kappa shape index (κ3) is 8.06. The molecular formula is C36H51N7O4. The minimum Gasteiger partial charge on any atom is -0.436 e. The van der Waals surface area contributed by atoms with Crippen LogP contribution in [0.25, 0.3) is 0 Å². The minimum atomic E-state index is -0.937. The first kappa shape index (κ1) is 33.2. The maximum Gasteiger partial charge on any atom is 0.410 e. The number of aryl methyl sites for hydroxylation is 2. The number of carbonyl (C=O) groups excluding carboxylic acids is 3. The Morgan fingerprint density at radius 2 is 1.62 bits per heavy atom. The Bertz CT molecular complexity index is 1420. The number of anilines is 1. The highest BCUT2D eigenvalue weighted by Gasteiger charge is 2.36. The Labute approximate surface area is 279 Å². The van der Waals surface area contributed by atoms with Crippen LogP contribution in [0, 0.1) is 13.8 Å². The molecule has 2 aromatic rings. The molecule has 0 aliphatic carbocycles. The van der Waals surface area contributed by atoms with E-state index in [1.165, 1.54) is 6.42 Å². The van der Waals surface area contributed by atoms with Gasteiger partial charge in [0.15, 0.2) is 6.10 Å². The number of benzene rings is 1. The fourth-order valence-corrected chi connectivity index (χ4v) is 7.54. The minimum absolute atomic E-state index is 0.0384. The van der Waals surface area contributed by atoms with Crippen LogP contribution in [-0.2, 0) is 22.4 Å². The standard InChI is InChI=1S/C36H51N7O4/c1-26-23-29(37-25-27(26)2)24-33(34(44)41-16-10-30(11-17-41)40-15-6-14-39(3)21-22-40)47-36(46)42-18-12-31(13-19-42)43-20-9-28-7-4-5-8-32(28)38-35(43)45/h4-5,7-8,23,25,30-31,33H,6,9-22,24H2,1-3H3,(H,38,45)/t33-/m1/s1. The highest BCUT2D eigenvalue weighted by Crippen LogP contribution is 2.26. The Morgan fingerprint density at radius 3 is 2.38 bits per heavy atom. The lowest BCUT2D eigenvalue weighted by atomic mass is 10.0. The van der Waals surface area contributed by atoms with Crippen LogP contribution in [0.4, 0.5) is 15.3 Å². The number of carbonyl (C=O) groups is 3. The van der Waals surface area contributed by atoms with Crippen molar-refractivity contribution in [3.8, 4) is 0 Å². The number of para-hydroxylation sites is 1. The Hall–Kier alpha value is -3.70. The largest absolute Gasteiger partial charge is 0.436 e. The Morgan fingerprint density at radius 1 is 0.894 bits per heavy atom. The van der Waals surface area contributed by atoms with Crippen molar-refractivity contribution in [2.45, 2.75) is 77.0 Å². The lowest BCUT2D eigenvalue weighted by Gasteiger charge is -2.40. The van der Waals surface area contributed by atoms with Crippen molar-refractivity contribution in [1.82, 2.24) is 29.5 Å². The summed E-state index contributed by atoms with van der Waals surface area (Å²) in [6.45, 7) is 11.3. The quantitative estimate of drug-likeness (QED) is 0.508. The Kier molecular flexibility index (Phi) is 10.6. The van der Waals surface area contributed by atoms with Crippen molar-refractivity contribution >= 4 is 23.7 Å². The van der Waals surface area contributed by atoms with Gasteiger partial charge in [0, 0.05) is 81.9 Å². The molecule has 11 heteroatoms. The van der Waals surface area contributed by atoms with Crippen molar-refractivity contribution in [1.29, 1.82) is 0 Å². The fourth-order valence-electron chi connectivity index (χ4n) is 7.54. The van der Waals surface area contributed by atoms with E-state index in [1.54, 1.807) is 4.90 Å². The number of hydrogen-bond donors (Lipinski definition) is 1. The number of ether oxygens (including phenoxy) is 1. The number of amides is 4. The van der Waals surface area contributed by atoms with Gasteiger partial charge in [-0.25, -0.2) is 9.59 Å². The zero-order valence-corrected chi connectivity index (χ0v) is 28.3. The molecule has 4 amide bonds. The summed E-state index contributed by atoms with van der Waals surface area (Å²) in [6.07, 6.45) is 5.81. The van der Waals surface area contributed by atoms with Gasteiger partial charge in [-0.2, -0.15) is 0 Å². The number of pyridine rings is 1. The molecule has 6 rings (SSSR count). The van der Waals surface area contributed by atoms with Crippen LogP contribution in [0.5, 0.6) is 0 Å². The molecule has 0 radical (unpaired) electrons. The number of likely N-dealkylation sites (N-methyl/N-ethyl adjacent to an activating group) is 1. The molecule has 254 valence electrons. The first-order chi connectivity index (χ1) is 22.7. The van der Waals surface area contributed by atoms with Gasteiger partial charge in [0.1, 0.15) is 0 Å². The van der Waals surface area contributed by atoms with E-state index in [-0.39, 0.29) is 24.4 Å². The SMILES string of the molecule is Cc1cnc(C[C@@H](OC(=O)N2CCC(N3CCc4ccccc4NC3=O)CC2)C(=O)N2CCC(N3CCCN(C)CC3)CC2)cc1C. The molecule has 3 fully saturated rings. The summed E-state index contributed by atoms with van der Waals surface area (Å²) < 4.78 is 6.06. The molecular weight excluding hydrogens is 594 g/mol. The van der Waals surface area contributed by atoms with Crippen LogP contribution in [0.3, 0.4) is 0 Å². The lowest BCUT2D eigenvalue weighted by Crippen LogP contribution is -2.53. The predicted octanol–water partition coefficient (Wildman–Crippen LogP) is 3.93. The fraction of sp³-hybridized carbons (Fsp3) is 0.611. The van der Waals surface area contributed by atoms with E-state index in [4.69, 9.17) is 4.74 Å². The number of nitrogens with zero attached hydrogens (tertiary/aromatic N) is 6. The molecule has 3 saturated heterocycles. The van der Waals surface area contributed by atoms with Gasteiger partial charge in [0.2, 0.25) is 0 Å². The summed E-state index contributed by atoms with van der Waals surface area (Å²) in [5, 5.41) is 3.06. The third-order valence-electron chi connectivity index (χ3n) is 10.7. The van der Waals surface area contributed by atoms with E-state index in [0.717, 1.165) is 73.5 Å². The van der Waals surface area contributed by atoms with E-state index in [2.05, 4.69) is 33.2 Å². The molecule has 0 saturated carbocycles. The van der Waals surface area contributed by atoms with Crippen molar-refractivity contribution in [3.63, 3.8) is 0 Å². The van der Waals surface area contributed by atoms with Gasteiger partial charge in [-0.15, -0.1) is 0 Å². The molecule has 5 heterocycles. The Balaban J connectivity index is 1.07. The van der Waals surface area contributed by atoms with Crippen LogP contribution >= 0.6 is 0 Å². The van der Waals surface area contributed by atoms with E-state index < -0.39 is 12.2 Å². The topological polar surface area (TPSA) is 102 Å². The van der Waals surface area contributed by atoms with E-state index >= 15 is 0 Å². The summed E-state index contributed by atoms with van der Waals surface area (Å²) in [4.78, 5) is 55.7. The highest BCUT2D eigenvalue weighted by atomic mass is 16.6. The van der Waals surface area contributed by atoms with Gasteiger partial charge >= 0.3 is 12.1 Å². The molecule has 4 aliphatic heterocycles. The van der Waals surface area contributed by atoms with Gasteiger partial charge in [0.25, 0.3) is 5.91 Å². The highest BCUT2D eigenvalue weighted by molar-refractivity contribution is 5.91.